The smallest absolute Gasteiger partial charge is 0.330 e. The zero-order chi connectivity index (χ0) is 13.4. The first-order chi connectivity index (χ1) is 9.18. The van der Waals surface area contributed by atoms with E-state index < -0.39 is 17.8 Å². The summed E-state index contributed by atoms with van der Waals surface area (Å²) in [5.41, 5.74) is 0. The maximum absolute atomic E-state index is 12.0. The topological polar surface area (TPSA) is 63.7 Å². The predicted octanol–water partition coefficient (Wildman–Crippen LogP) is 1.59. The van der Waals surface area contributed by atoms with Crippen LogP contribution >= 0.6 is 0 Å². The molecule has 5 nitrogen and oxygen atoms in total. The Bertz CT molecular complexity index is 440. The third-order valence-electron chi connectivity index (χ3n) is 4.21. The van der Waals surface area contributed by atoms with Crippen molar-refractivity contribution in [2.75, 3.05) is 0 Å². The van der Waals surface area contributed by atoms with Gasteiger partial charge in [0.2, 0.25) is 0 Å². The predicted molar refractivity (Wildman–Crippen MR) is 65.3 cm³/mol. The highest BCUT2D eigenvalue weighted by Gasteiger charge is 2.55. The van der Waals surface area contributed by atoms with Crippen LogP contribution in [0.4, 0.5) is 0 Å². The number of fused-ring (bicyclic) bond motifs is 1. The van der Waals surface area contributed by atoms with E-state index >= 15 is 0 Å². The number of imide groups is 1. The van der Waals surface area contributed by atoms with Crippen molar-refractivity contribution >= 4 is 17.8 Å². The third kappa shape index (κ3) is 2.29. The second-order valence-electron chi connectivity index (χ2n) is 5.47. The van der Waals surface area contributed by atoms with Crippen LogP contribution in [0.5, 0.6) is 0 Å². The minimum Gasteiger partial charge on any atom is -0.330 e. The van der Waals surface area contributed by atoms with Crippen molar-refractivity contribution in [3.05, 3.63) is 12.2 Å². The Morgan fingerprint density at radius 3 is 2.68 bits per heavy atom. The molecule has 3 rings (SSSR count). The Balaban J connectivity index is 1.62. The van der Waals surface area contributed by atoms with Crippen LogP contribution in [0, 0.1) is 17.8 Å². The maximum atomic E-state index is 12.0. The molecule has 0 radical (unpaired) electrons. The average Bonchev–Trinajstić information content (AvgIpc) is 2.94. The number of allylic oxidation sites excluding steroid dienone is 2. The van der Waals surface area contributed by atoms with Gasteiger partial charge in [-0.15, -0.1) is 5.06 Å². The van der Waals surface area contributed by atoms with Gasteiger partial charge in [0.05, 0.1) is 5.92 Å². The highest BCUT2D eigenvalue weighted by Crippen LogP contribution is 2.52. The average molecular weight is 263 g/mol. The van der Waals surface area contributed by atoms with E-state index in [2.05, 4.69) is 12.2 Å². The van der Waals surface area contributed by atoms with Crippen LogP contribution in [-0.2, 0) is 19.2 Å². The summed E-state index contributed by atoms with van der Waals surface area (Å²) in [5.74, 6) is -0.850. The van der Waals surface area contributed by atoms with Crippen molar-refractivity contribution in [1.82, 2.24) is 5.06 Å². The normalized spacial score (nSPS) is 35.4. The third-order valence-corrected chi connectivity index (χ3v) is 4.21. The molecule has 2 aliphatic carbocycles. The van der Waals surface area contributed by atoms with Gasteiger partial charge in [-0.2, -0.15) is 0 Å². The Labute approximate surface area is 111 Å². The molecule has 5 heteroatoms. The summed E-state index contributed by atoms with van der Waals surface area (Å²) < 4.78 is 0. The van der Waals surface area contributed by atoms with Crippen molar-refractivity contribution in [3.8, 4) is 0 Å². The summed E-state index contributed by atoms with van der Waals surface area (Å²) in [6.45, 7) is 0. The van der Waals surface area contributed by atoms with Gasteiger partial charge in [-0.25, -0.2) is 4.79 Å². The van der Waals surface area contributed by atoms with Gasteiger partial charge in [-0.3, -0.25) is 9.59 Å². The molecule has 3 atom stereocenters. The second-order valence-corrected chi connectivity index (χ2v) is 5.47. The summed E-state index contributed by atoms with van der Waals surface area (Å²) in [5, 5.41) is 0.651. The second kappa shape index (κ2) is 4.79. The molecule has 102 valence electrons. The molecular weight excluding hydrogens is 246 g/mol. The lowest BCUT2D eigenvalue weighted by molar-refractivity contribution is -0.198. The highest BCUT2D eigenvalue weighted by atomic mass is 16.7. The van der Waals surface area contributed by atoms with Crippen LogP contribution in [0.1, 0.15) is 38.5 Å². The van der Waals surface area contributed by atoms with Crippen molar-refractivity contribution in [1.29, 1.82) is 0 Å². The maximum Gasteiger partial charge on any atom is 0.337 e. The summed E-state index contributed by atoms with van der Waals surface area (Å²) >= 11 is 0. The van der Waals surface area contributed by atoms with E-state index in [9.17, 15) is 14.4 Å². The first kappa shape index (κ1) is 12.4. The molecule has 2 amide bonds. The van der Waals surface area contributed by atoms with Gasteiger partial charge in [0.15, 0.2) is 0 Å². The molecule has 19 heavy (non-hydrogen) atoms. The van der Waals surface area contributed by atoms with Gasteiger partial charge in [0.25, 0.3) is 11.8 Å². The van der Waals surface area contributed by atoms with E-state index in [1.807, 2.05) is 0 Å². The SMILES string of the molecule is O=C(ON1C(=O)CCC1=O)C1C2/C=C\CCCCC21. The lowest BCUT2D eigenvalue weighted by Gasteiger charge is -2.12. The fourth-order valence-electron chi connectivity index (χ4n) is 3.07. The Morgan fingerprint density at radius 1 is 1.21 bits per heavy atom. The molecule has 1 saturated carbocycles. The lowest BCUT2D eigenvalue weighted by Crippen LogP contribution is -2.33. The summed E-state index contributed by atoms with van der Waals surface area (Å²) in [6, 6.07) is 0. The van der Waals surface area contributed by atoms with E-state index in [4.69, 9.17) is 4.84 Å². The monoisotopic (exact) mass is 263 g/mol. The highest BCUT2D eigenvalue weighted by molar-refractivity contribution is 6.01. The van der Waals surface area contributed by atoms with Gasteiger partial charge < -0.3 is 4.84 Å². The largest absolute Gasteiger partial charge is 0.337 e. The molecule has 3 unspecified atom stereocenters. The van der Waals surface area contributed by atoms with Crippen LogP contribution in [-0.4, -0.2) is 22.8 Å². The van der Waals surface area contributed by atoms with Gasteiger partial charge >= 0.3 is 5.97 Å². The Hall–Kier alpha value is -1.65. The van der Waals surface area contributed by atoms with Gasteiger partial charge in [0, 0.05) is 12.8 Å². The lowest BCUT2D eigenvalue weighted by atomic mass is 10.1. The van der Waals surface area contributed by atoms with Crippen molar-refractivity contribution in [2.45, 2.75) is 38.5 Å². The number of amides is 2. The van der Waals surface area contributed by atoms with Crippen LogP contribution < -0.4 is 0 Å². The van der Waals surface area contributed by atoms with Crippen LogP contribution in [0.3, 0.4) is 0 Å². The standard InChI is InChI=1S/C14H17NO4/c16-11-7-8-12(17)15(11)19-14(18)13-9-5-3-1-2-4-6-10(9)13/h3,5,9-10,13H,1-2,4,6-8H2/b5-3-. The number of carbonyl (C=O) groups is 3. The fourth-order valence-corrected chi connectivity index (χ4v) is 3.07. The van der Waals surface area contributed by atoms with E-state index in [0.717, 1.165) is 25.7 Å². The number of hydrogen-bond donors (Lipinski definition) is 0. The van der Waals surface area contributed by atoms with E-state index in [1.165, 1.54) is 0 Å². The fraction of sp³-hybridized carbons (Fsp3) is 0.643. The Morgan fingerprint density at radius 2 is 1.95 bits per heavy atom. The van der Waals surface area contributed by atoms with Gasteiger partial charge in [-0.1, -0.05) is 18.6 Å². The van der Waals surface area contributed by atoms with Crippen LogP contribution in [0.2, 0.25) is 0 Å². The molecule has 0 N–H and O–H groups in total. The number of rotatable bonds is 2. The zero-order valence-corrected chi connectivity index (χ0v) is 10.7. The number of hydroxylamine groups is 2. The molecule has 0 aromatic rings. The minimum atomic E-state index is -0.426. The van der Waals surface area contributed by atoms with E-state index in [0.29, 0.717) is 11.0 Å². The van der Waals surface area contributed by atoms with Crippen LogP contribution in [0.25, 0.3) is 0 Å². The molecule has 0 aromatic carbocycles. The van der Waals surface area contributed by atoms with Crippen molar-refractivity contribution < 1.29 is 19.2 Å². The summed E-state index contributed by atoms with van der Waals surface area (Å²) in [4.78, 5) is 39.8. The molecular formula is C14H17NO4. The zero-order valence-electron chi connectivity index (χ0n) is 10.7. The quantitative estimate of drug-likeness (QED) is 0.560. The number of carbonyl (C=O) groups excluding carboxylic acids is 3. The molecule has 2 fully saturated rings. The Kier molecular flexibility index (Phi) is 3.12. The molecule has 3 aliphatic rings. The summed E-state index contributed by atoms with van der Waals surface area (Å²) in [7, 11) is 0. The van der Waals surface area contributed by atoms with E-state index in [1.54, 1.807) is 0 Å². The van der Waals surface area contributed by atoms with Crippen LogP contribution in [0.15, 0.2) is 12.2 Å². The molecule has 0 spiro atoms. The molecule has 1 saturated heterocycles. The molecule has 0 aromatic heterocycles. The number of nitrogens with zero attached hydrogens (tertiary/aromatic N) is 1. The summed E-state index contributed by atoms with van der Waals surface area (Å²) in [6.07, 6.45) is 8.86. The van der Waals surface area contributed by atoms with Gasteiger partial charge in [0.1, 0.15) is 0 Å². The first-order valence-corrected chi connectivity index (χ1v) is 6.93. The molecule has 1 heterocycles. The minimum absolute atomic E-state index is 0.142. The van der Waals surface area contributed by atoms with Crippen molar-refractivity contribution in [2.24, 2.45) is 17.8 Å². The molecule has 0 bridgehead atoms. The van der Waals surface area contributed by atoms with E-state index in [-0.39, 0.29) is 24.7 Å². The molecule has 1 aliphatic heterocycles. The number of hydrogen-bond acceptors (Lipinski definition) is 4. The van der Waals surface area contributed by atoms with Crippen molar-refractivity contribution in [3.63, 3.8) is 0 Å². The van der Waals surface area contributed by atoms with Gasteiger partial charge in [-0.05, 0) is 31.1 Å². The first-order valence-electron chi connectivity index (χ1n) is 6.93.